The van der Waals surface area contributed by atoms with Crippen LogP contribution in [0.1, 0.15) is 31.1 Å². The van der Waals surface area contributed by atoms with Crippen LogP contribution in [0.3, 0.4) is 0 Å². The Morgan fingerprint density at radius 3 is 2.76 bits per heavy atom. The van der Waals surface area contributed by atoms with Gasteiger partial charge in [-0.3, -0.25) is 0 Å². The van der Waals surface area contributed by atoms with Crippen LogP contribution in [0.15, 0.2) is 16.3 Å². The summed E-state index contributed by atoms with van der Waals surface area (Å²) in [6.45, 7) is 5.70. The highest BCUT2D eigenvalue weighted by atomic mass is 32.2. The van der Waals surface area contributed by atoms with Crippen molar-refractivity contribution in [2.45, 2.75) is 43.7 Å². The van der Waals surface area contributed by atoms with E-state index in [9.17, 15) is 8.42 Å². The lowest BCUT2D eigenvalue weighted by Gasteiger charge is -2.29. The van der Waals surface area contributed by atoms with Crippen molar-refractivity contribution in [1.82, 2.24) is 14.9 Å². The zero-order valence-electron chi connectivity index (χ0n) is 12.8. The summed E-state index contributed by atoms with van der Waals surface area (Å²) in [5, 5.41) is 5.03. The van der Waals surface area contributed by atoms with Crippen molar-refractivity contribution in [2.75, 3.05) is 26.7 Å². The minimum Gasteiger partial charge on any atom is -0.312 e. The molecule has 0 aliphatic carbocycles. The molecular weight excluding hydrogens is 306 g/mol. The highest BCUT2D eigenvalue weighted by Gasteiger charge is 2.24. The maximum absolute atomic E-state index is 12.4. The van der Waals surface area contributed by atoms with Crippen LogP contribution in [0, 0.1) is 0 Å². The molecule has 0 aromatic carbocycles. The Labute approximate surface area is 131 Å². The fraction of sp³-hybridized carbons (Fsp3) is 0.714. The van der Waals surface area contributed by atoms with E-state index in [1.54, 1.807) is 11.4 Å². The number of thiophene rings is 1. The molecule has 2 rings (SSSR count). The number of nitrogens with one attached hydrogen (secondary N) is 2. The van der Waals surface area contributed by atoms with Gasteiger partial charge in [0.25, 0.3) is 0 Å². The molecule has 0 unspecified atom stereocenters. The van der Waals surface area contributed by atoms with Crippen molar-refractivity contribution < 1.29 is 8.42 Å². The number of piperidine rings is 1. The van der Waals surface area contributed by atoms with Crippen LogP contribution in [-0.2, 0) is 16.6 Å². The maximum Gasteiger partial charge on any atom is 0.241 e. The van der Waals surface area contributed by atoms with Crippen molar-refractivity contribution in [3.63, 3.8) is 0 Å². The van der Waals surface area contributed by atoms with Crippen molar-refractivity contribution in [3.05, 3.63) is 16.3 Å². The molecule has 0 amide bonds. The highest BCUT2D eigenvalue weighted by Crippen LogP contribution is 2.20. The van der Waals surface area contributed by atoms with Crippen LogP contribution < -0.4 is 10.0 Å². The van der Waals surface area contributed by atoms with Gasteiger partial charge >= 0.3 is 0 Å². The lowest BCUT2D eigenvalue weighted by atomic mass is 10.1. The first-order valence-electron chi connectivity index (χ1n) is 7.50. The number of rotatable bonds is 7. The van der Waals surface area contributed by atoms with Crippen molar-refractivity contribution >= 4 is 21.4 Å². The average molecular weight is 332 g/mol. The van der Waals surface area contributed by atoms with E-state index in [0.717, 1.165) is 50.3 Å². The Balaban J connectivity index is 1.93. The first kappa shape index (κ1) is 16.9. The smallest absolute Gasteiger partial charge is 0.241 e. The Kier molecular flexibility index (Phi) is 6.19. The monoisotopic (exact) mass is 331 g/mol. The quantitative estimate of drug-likeness (QED) is 0.746. The van der Waals surface area contributed by atoms with Crippen LogP contribution >= 0.6 is 11.3 Å². The van der Waals surface area contributed by atoms with Crippen molar-refractivity contribution in [3.8, 4) is 0 Å². The van der Waals surface area contributed by atoms with Crippen LogP contribution in [0.25, 0.3) is 0 Å². The lowest BCUT2D eigenvalue weighted by Crippen LogP contribution is -2.43. The molecule has 2 heterocycles. The first-order valence-corrected chi connectivity index (χ1v) is 9.86. The number of hydrogen-bond donors (Lipinski definition) is 2. The van der Waals surface area contributed by atoms with Gasteiger partial charge in [-0.1, -0.05) is 6.92 Å². The number of nitrogens with zero attached hydrogens (tertiary/aromatic N) is 1. The molecule has 1 fully saturated rings. The van der Waals surface area contributed by atoms with Crippen LogP contribution in [-0.4, -0.2) is 46.0 Å². The minimum atomic E-state index is -3.37. The predicted octanol–water partition coefficient (Wildman–Crippen LogP) is 1.62. The van der Waals surface area contributed by atoms with E-state index in [1.165, 1.54) is 11.3 Å². The van der Waals surface area contributed by atoms with Gasteiger partial charge in [-0.05, 0) is 52.0 Å². The summed E-state index contributed by atoms with van der Waals surface area (Å²) in [6, 6.07) is 1.85. The summed E-state index contributed by atoms with van der Waals surface area (Å²) in [4.78, 5) is 3.69. The summed E-state index contributed by atoms with van der Waals surface area (Å²) in [6.07, 6.45) is 2.84. The molecule has 5 nitrogen and oxygen atoms in total. The maximum atomic E-state index is 12.4. The van der Waals surface area contributed by atoms with Crippen LogP contribution in [0.5, 0.6) is 0 Å². The van der Waals surface area contributed by atoms with E-state index in [0.29, 0.717) is 4.90 Å². The zero-order chi connectivity index (χ0) is 15.3. The molecule has 1 aromatic rings. The van der Waals surface area contributed by atoms with Gasteiger partial charge in [0.1, 0.15) is 0 Å². The molecular formula is C14H25N3O2S2. The molecule has 120 valence electrons. The molecule has 2 N–H and O–H groups in total. The molecule has 0 bridgehead atoms. The third-order valence-corrected chi connectivity index (χ3v) is 6.29. The minimum absolute atomic E-state index is 0.0627. The third-order valence-electron chi connectivity index (χ3n) is 3.71. The average Bonchev–Trinajstić information content (AvgIpc) is 2.91. The summed E-state index contributed by atoms with van der Waals surface area (Å²) in [7, 11) is -1.30. The van der Waals surface area contributed by atoms with Gasteiger partial charge in [0.2, 0.25) is 10.0 Å². The van der Waals surface area contributed by atoms with Gasteiger partial charge in [0, 0.05) is 22.8 Å². The SMILES string of the molecule is CCCNCc1cc(S(=O)(=O)NC2CCN(C)CC2)cs1. The van der Waals surface area contributed by atoms with E-state index in [2.05, 4.69) is 28.9 Å². The Morgan fingerprint density at radius 2 is 2.10 bits per heavy atom. The summed E-state index contributed by atoms with van der Waals surface area (Å²) in [5.41, 5.74) is 0. The van der Waals surface area contributed by atoms with Crippen molar-refractivity contribution in [1.29, 1.82) is 0 Å². The second-order valence-corrected chi connectivity index (χ2v) is 8.33. The summed E-state index contributed by atoms with van der Waals surface area (Å²) in [5.74, 6) is 0. The first-order chi connectivity index (χ1) is 10.0. The van der Waals surface area contributed by atoms with E-state index in [1.807, 2.05) is 0 Å². The largest absolute Gasteiger partial charge is 0.312 e. The van der Waals surface area contributed by atoms with E-state index >= 15 is 0 Å². The van der Waals surface area contributed by atoms with Gasteiger partial charge in [0.15, 0.2) is 0 Å². The molecule has 0 spiro atoms. The predicted molar refractivity (Wildman–Crippen MR) is 87.2 cm³/mol. The molecule has 0 radical (unpaired) electrons. The van der Waals surface area contributed by atoms with Gasteiger partial charge in [-0.2, -0.15) is 0 Å². The van der Waals surface area contributed by atoms with E-state index in [4.69, 9.17) is 0 Å². The summed E-state index contributed by atoms with van der Waals surface area (Å²) >= 11 is 1.50. The van der Waals surface area contributed by atoms with Crippen molar-refractivity contribution in [2.24, 2.45) is 0 Å². The molecule has 1 aliphatic heterocycles. The topological polar surface area (TPSA) is 61.4 Å². The van der Waals surface area contributed by atoms with E-state index < -0.39 is 10.0 Å². The van der Waals surface area contributed by atoms with Crippen LogP contribution in [0.2, 0.25) is 0 Å². The number of hydrogen-bond acceptors (Lipinski definition) is 5. The van der Waals surface area contributed by atoms with Gasteiger partial charge < -0.3 is 10.2 Å². The fourth-order valence-corrected chi connectivity index (χ4v) is 4.95. The highest BCUT2D eigenvalue weighted by molar-refractivity contribution is 7.89. The second kappa shape index (κ2) is 7.69. The van der Waals surface area contributed by atoms with Gasteiger partial charge in [-0.15, -0.1) is 11.3 Å². The van der Waals surface area contributed by atoms with E-state index in [-0.39, 0.29) is 6.04 Å². The van der Waals surface area contributed by atoms with Gasteiger partial charge in [0.05, 0.1) is 4.90 Å². The molecule has 1 aliphatic rings. The Hall–Kier alpha value is -0.470. The van der Waals surface area contributed by atoms with Crippen LogP contribution in [0.4, 0.5) is 0 Å². The van der Waals surface area contributed by atoms with Gasteiger partial charge in [-0.25, -0.2) is 13.1 Å². The lowest BCUT2D eigenvalue weighted by molar-refractivity contribution is 0.248. The molecule has 0 saturated carbocycles. The normalized spacial score (nSPS) is 18.2. The molecule has 7 heteroatoms. The third kappa shape index (κ3) is 5.03. The Bertz CT molecular complexity index is 534. The molecule has 21 heavy (non-hydrogen) atoms. The zero-order valence-corrected chi connectivity index (χ0v) is 14.4. The Morgan fingerprint density at radius 1 is 1.38 bits per heavy atom. The number of sulfonamides is 1. The number of likely N-dealkylation sites (tertiary alicyclic amines) is 1. The standard InChI is InChI=1S/C14H25N3O2S2/c1-3-6-15-10-13-9-14(11-20-13)21(18,19)16-12-4-7-17(2)8-5-12/h9,11-12,15-16H,3-8,10H2,1-2H3. The molecule has 1 saturated heterocycles. The fourth-order valence-electron chi connectivity index (χ4n) is 2.40. The summed E-state index contributed by atoms with van der Waals surface area (Å²) < 4.78 is 27.6. The molecule has 1 aromatic heterocycles. The molecule has 0 atom stereocenters. The second-order valence-electron chi connectivity index (χ2n) is 5.62.